The number of rotatable bonds is 5. The average Bonchev–Trinajstić information content (AvgIpc) is 2.47. The third kappa shape index (κ3) is 3.20. The maximum atomic E-state index is 4.57. The number of hydrogen-bond acceptors (Lipinski definition) is 5. The Morgan fingerprint density at radius 3 is 2.80 bits per heavy atom. The van der Waals surface area contributed by atoms with Crippen LogP contribution in [-0.4, -0.2) is 54.6 Å². The molecule has 0 amide bonds. The van der Waals surface area contributed by atoms with Crippen LogP contribution in [0.15, 0.2) is 6.33 Å². The second-order valence-electron chi connectivity index (χ2n) is 5.61. The molecule has 1 aliphatic heterocycles. The van der Waals surface area contributed by atoms with E-state index in [-0.39, 0.29) is 0 Å². The Bertz CT molecular complexity index is 432. The maximum Gasteiger partial charge on any atom is 0.137 e. The first-order chi connectivity index (χ1) is 9.67. The van der Waals surface area contributed by atoms with Gasteiger partial charge < -0.3 is 15.1 Å². The molecule has 0 saturated carbocycles. The Morgan fingerprint density at radius 1 is 1.35 bits per heavy atom. The normalized spacial score (nSPS) is 19.4. The molecular formula is C15H27N5. The third-order valence-electron chi connectivity index (χ3n) is 4.05. The highest BCUT2D eigenvalue weighted by atomic mass is 15.2. The van der Waals surface area contributed by atoms with Crippen LogP contribution >= 0.6 is 0 Å². The van der Waals surface area contributed by atoms with E-state index in [0.29, 0.717) is 6.04 Å². The number of piperidine rings is 1. The molecule has 1 aliphatic rings. The van der Waals surface area contributed by atoms with E-state index >= 15 is 0 Å². The summed E-state index contributed by atoms with van der Waals surface area (Å²) < 4.78 is 0. The van der Waals surface area contributed by atoms with Crippen LogP contribution in [-0.2, 0) is 6.42 Å². The van der Waals surface area contributed by atoms with Crippen LogP contribution in [0.1, 0.15) is 32.3 Å². The highest BCUT2D eigenvalue weighted by Crippen LogP contribution is 2.27. The Labute approximate surface area is 122 Å². The fourth-order valence-electron chi connectivity index (χ4n) is 2.89. The van der Waals surface area contributed by atoms with Gasteiger partial charge in [-0.05, 0) is 40.3 Å². The van der Waals surface area contributed by atoms with E-state index < -0.39 is 0 Å². The number of nitrogens with zero attached hydrogens (tertiary/aromatic N) is 4. The molecule has 5 nitrogen and oxygen atoms in total. The lowest BCUT2D eigenvalue weighted by Gasteiger charge is -2.37. The molecule has 5 heteroatoms. The molecule has 1 N–H and O–H groups in total. The van der Waals surface area contributed by atoms with Gasteiger partial charge in [0.25, 0.3) is 0 Å². The van der Waals surface area contributed by atoms with Crippen molar-refractivity contribution >= 4 is 11.6 Å². The first-order valence-electron chi connectivity index (χ1n) is 7.66. The van der Waals surface area contributed by atoms with Crippen molar-refractivity contribution < 1.29 is 0 Å². The van der Waals surface area contributed by atoms with Gasteiger partial charge in [-0.1, -0.05) is 6.92 Å². The highest BCUT2D eigenvalue weighted by molar-refractivity contribution is 5.59. The lowest BCUT2D eigenvalue weighted by atomic mass is 10.0. The monoisotopic (exact) mass is 277 g/mol. The number of anilines is 2. The smallest absolute Gasteiger partial charge is 0.137 e. The van der Waals surface area contributed by atoms with Crippen LogP contribution in [0.5, 0.6) is 0 Å². The second-order valence-corrected chi connectivity index (χ2v) is 5.61. The number of likely N-dealkylation sites (N-methyl/N-ethyl adjacent to an activating group) is 1. The van der Waals surface area contributed by atoms with Gasteiger partial charge in [-0.15, -0.1) is 0 Å². The summed E-state index contributed by atoms with van der Waals surface area (Å²) in [6, 6.07) is 0.617. The third-order valence-corrected chi connectivity index (χ3v) is 4.05. The van der Waals surface area contributed by atoms with E-state index in [9.17, 15) is 0 Å². The van der Waals surface area contributed by atoms with E-state index in [1.807, 2.05) is 0 Å². The van der Waals surface area contributed by atoms with E-state index in [0.717, 1.165) is 37.7 Å². The zero-order valence-electron chi connectivity index (χ0n) is 13.2. The van der Waals surface area contributed by atoms with Crippen LogP contribution < -0.4 is 10.2 Å². The average molecular weight is 277 g/mol. The SMILES string of the molecule is CCNc1ncnc(N2CCCC(N(C)C)C2)c1CC. The topological polar surface area (TPSA) is 44.3 Å². The van der Waals surface area contributed by atoms with Crippen LogP contribution in [0, 0.1) is 0 Å². The van der Waals surface area contributed by atoms with Crippen LogP contribution in [0.2, 0.25) is 0 Å². The van der Waals surface area contributed by atoms with Crippen molar-refractivity contribution in [1.29, 1.82) is 0 Å². The van der Waals surface area contributed by atoms with Gasteiger partial charge in [-0.2, -0.15) is 0 Å². The molecule has 112 valence electrons. The highest BCUT2D eigenvalue weighted by Gasteiger charge is 2.24. The fourth-order valence-corrected chi connectivity index (χ4v) is 2.89. The minimum Gasteiger partial charge on any atom is -0.370 e. The molecule has 1 atom stereocenters. The van der Waals surface area contributed by atoms with Crippen molar-refractivity contribution in [3.63, 3.8) is 0 Å². The van der Waals surface area contributed by atoms with Gasteiger partial charge >= 0.3 is 0 Å². The molecule has 0 aromatic carbocycles. The Balaban J connectivity index is 2.25. The van der Waals surface area contributed by atoms with Crippen molar-refractivity contribution in [3.05, 3.63) is 11.9 Å². The zero-order chi connectivity index (χ0) is 14.5. The first kappa shape index (κ1) is 15.0. The minimum absolute atomic E-state index is 0.617. The van der Waals surface area contributed by atoms with Crippen LogP contribution in [0.25, 0.3) is 0 Å². The molecular weight excluding hydrogens is 250 g/mol. The largest absolute Gasteiger partial charge is 0.370 e. The molecule has 1 unspecified atom stereocenters. The lowest BCUT2D eigenvalue weighted by Crippen LogP contribution is -2.45. The summed E-state index contributed by atoms with van der Waals surface area (Å²) in [5, 5.41) is 3.35. The summed E-state index contributed by atoms with van der Waals surface area (Å²) in [5.41, 5.74) is 1.24. The summed E-state index contributed by atoms with van der Waals surface area (Å²) in [4.78, 5) is 13.7. The standard InChI is InChI=1S/C15H27N5/c1-5-13-14(16-6-2)17-11-18-15(13)20-9-7-8-12(10-20)19(3)4/h11-12H,5-10H2,1-4H3,(H,16,17,18). The first-order valence-corrected chi connectivity index (χ1v) is 7.66. The van der Waals surface area contributed by atoms with Crippen molar-refractivity contribution in [3.8, 4) is 0 Å². The molecule has 1 aromatic rings. The Kier molecular flexibility index (Phi) is 5.17. The summed E-state index contributed by atoms with van der Waals surface area (Å²) in [6.45, 7) is 7.33. The maximum absolute atomic E-state index is 4.57. The molecule has 2 heterocycles. The van der Waals surface area contributed by atoms with Crippen LogP contribution in [0.3, 0.4) is 0 Å². The van der Waals surface area contributed by atoms with Crippen molar-refractivity contribution in [2.45, 2.75) is 39.2 Å². The molecule has 2 rings (SSSR count). The molecule has 1 fully saturated rings. The summed E-state index contributed by atoms with van der Waals surface area (Å²) >= 11 is 0. The van der Waals surface area contributed by atoms with E-state index in [2.05, 4.69) is 53.0 Å². The quantitative estimate of drug-likeness (QED) is 0.892. The number of hydrogen-bond donors (Lipinski definition) is 1. The second kappa shape index (κ2) is 6.88. The van der Waals surface area contributed by atoms with Crippen molar-refractivity contribution in [1.82, 2.24) is 14.9 Å². The lowest BCUT2D eigenvalue weighted by molar-refractivity contribution is 0.257. The Morgan fingerprint density at radius 2 is 2.15 bits per heavy atom. The predicted octanol–water partition coefficient (Wildman–Crippen LogP) is 2.00. The number of aromatic nitrogens is 2. The molecule has 1 saturated heterocycles. The molecule has 0 spiro atoms. The minimum atomic E-state index is 0.617. The van der Waals surface area contributed by atoms with Crippen molar-refractivity contribution in [2.75, 3.05) is 43.9 Å². The fraction of sp³-hybridized carbons (Fsp3) is 0.733. The molecule has 0 aliphatic carbocycles. The summed E-state index contributed by atoms with van der Waals surface area (Å²) in [5.74, 6) is 2.11. The predicted molar refractivity (Wildman–Crippen MR) is 84.5 cm³/mol. The zero-order valence-corrected chi connectivity index (χ0v) is 13.2. The van der Waals surface area contributed by atoms with Gasteiger partial charge in [0.05, 0.1) is 0 Å². The summed E-state index contributed by atoms with van der Waals surface area (Å²) in [6.07, 6.45) is 5.15. The van der Waals surface area contributed by atoms with Gasteiger partial charge in [-0.25, -0.2) is 9.97 Å². The van der Waals surface area contributed by atoms with Gasteiger partial charge in [0.2, 0.25) is 0 Å². The van der Waals surface area contributed by atoms with E-state index in [4.69, 9.17) is 0 Å². The van der Waals surface area contributed by atoms with Crippen molar-refractivity contribution in [2.24, 2.45) is 0 Å². The summed E-state index contributed by atoms with van der Waals surface area (Å²) in [7, 11) is 4.33. The van der Waals surface area contributed by atoms with Gasteiger partial charge in [0.15, 0.2) is 0 Å². The Hall–Kier alpha value is -1.36. The molecule has 0 radical (unpaired) electrons. The molecule has 1 aromatic heterocycles. The van der Waals surface area contributed by atoms with Gasteiger partial charge in [0.1, 0.15) is 18.0 Å². The molecule has 0 bridgehead atoms. The van der Waals surface area contributed by atoms with E-state index in [1.54, 1.807) is 6.33 Å². The van der Waals surface area contributed by atoms with Gasteiger partial charge in [0, 0.05) is 31.2 Å². The molecule has 20 heavy (non-hydrogen) atoms. The van der Waals surface area contributed by atoms with Crippen LogP contribution in [0.4, 0.5) is 11.6 Å². The van der Waals surface area contributed by atoms with Gasteiger partial charge in [-0.3, -0.25) is 0 Å². The number of nitrogens with one attached hydrogen (secondary N) is 1. The van der Waals surface area contributed by atoms with E-state index in [1.165, 1.54) is 18.4 Å².